The van der Waals surface area contributed by atoms with Crippen molar-refractivity contribution in [2.24, 2.45) is 0 Å². The topological polar surface area (TPSA) is 87.7 Å². The molecule has 68 valence electrons. The Labute approximate surface area is 73.4 Å². The number of anilines is 1. The molecule has 2 rings (SSSR count). The summed E-state index contributed by atoms with van der Waals surface area (Å²) in [6.07, 6.45) is 0. The van der Waals surface area contributed by atoms with Gasteiger partial charge in [-0.15, -0.1) is 4.98 Å². The van der Waals surface area contributed by atoms with Gasteiger partial charge in [0.05, 0.1) is 0 Å². The zero-order chi connectivity index (χ0) is 9.42. The fourth-order valence-corrected chi connectivity index (χ4v) is 1.20. The van der Waals surface area contributed by atoms with Gasteiger partial charge in [0, 0.05) is 14.0 Å². The van der Waals surface area contributed by atoms with Crippen LogP contribution in [0.25, 0.3) is 11.2 Å². The van der Waals surface area contributed by atoms with Crippen molar-refractivity contribution in [1.29, 1.82) is 0 Å². The highest BCUT2D eigenvalue weighted by Crippen LogP contribution is 1.99. The van der Waals surface area contributed by atoms with Crippen LogP contribution in [0.5, 0.6) is 0 Å². The van der Waals surface area contributed by atoms with Crippen LogP contribution in [0, 0.1) is 6.92 Å². The minimum absolute atomic E-state index is 0.182. The van der Waals surface area contributed by atoms with E-state index in [0.29, 0.717) is 22.9 Å². The Morgan fingerprint density at radius 1 is 1.46 bits per heavy atom. The van der Waals surface area contributed by atoms with E-state index in [4.69, 9.17) is 0 Å². The number of aromatic amines is 3. The molecule has 0 aliphatic heterocycles. The fourth-order valence-electron chi connectivity index (χ4n) is 1.20. The number of H-pyrrole nitrogens is 3. The van der Waals surface area contributed by atoms with Crippen molar-refractivity contribution in [2.45, 2.75) is 6.92 Å². The molecular weight excluding hydrogens is 170 g/mol. The minimum Gasteiger partial charge on any atom is -0.323 e. The van der Waals surface area contributed by atoms with E-state index in [0.717, 1.165) is 0 Å². The first kappa shape index (κ1) is 7.78. The van der Waals surface area contributed by atoms with Crippen LogP contribution in [0.4, 0.5) is 5.95 Å². The molecule has 0 bridgehead atoms. The molecule has 0 amide bonds. The molecule has 2 heterocycles. The predicted molar refractivity (Wildman–Crippen MR) is 47.6 cm³/mol. The number of aryl methyl sites for hydroxylation is 1. The molecule has 2 aromatic rings. The molecule has 0 unspecified atom stereocenters. The molecule has 4 N–H and O–H groups in total. The largest absolute Gasteiger partial charge is 0.323 e. The third-order valence-corrected chi connectivity index (χ3v) is 1.78. The average molecular weight is 180 g/mol. The van der Waals surface area contributed by atoms with Crippen LogP contribution in [0.3, 0.4) is 0 Å². The Morgan fingerprint density at radius 3 is 2.92 bits per heavy atom. The van der Waals surface area contributed by atoms with Gasteiger partial charge in [0.1, 0.15) is 0 Å². The van der Waals surface area contributed by atoms with E-state index in [-0.39, 0.29) is 5.56 Å². The zero-order valence-electron chi connectivity index (χ0n) is 7.36. The van der Waals surface area contributed by atoms with Crippen molar-refractivity contribution in [1.82, 2.24) is 15.0 Å². The van der Waals surface area contributed by atoms with Gasteiger partial charge in [0.25, 0.3) is 5.65 Å². The lowest BCUT2D eigenvalue weighted by Gasteiger charge is -1.90. The Balaban J connectivity index is 2.83. The lowest BCUT2D eigenvalue weighted by molar-refractivity contribution is -0.334. The standard InChI is InChI=1S/C7H9N5O/c1-3-9-4-5(10-3)11-7(8-2)12-6(4)13/h1-2H3,(H3,8,9,10,11,12,13)/p+1. The molecular formula is C7H10N5O+. The van der Waals surface area contributed by atoms with Crippen molar-refractivity contribution >= 4 is 17.1 Å². The maximum Gasteiger partial charge on any atom is 0.322 e. The molecule has 0 saturated carbocycles. The van der Waals surface area contributed by atoms with Gasteiger partial charge in [0.15, 0.2) is 11.3 Å². The Kier molecular flexibility index (Phi) is 1.54. The Bertz CT molecular complexity index is 497. The van der Waals surface area contributed by atoms with Gasteiger partial charge in [0.2, 0.25) is 0 Å². The van der Waals surface area contributed by atoms with Gasteiger partial charge in [-0.05, 0) is 0 Å². The third kappa shape index (κ3) is 1.16. The van der Waals surface area contributed by atoms with Crippen molar-refractivity contribution in [3.63, 3.8) is 0 Å². The number of imidazole rings is 1. The van der Waals surface area contributed by atoms with Gasteiger partial charge in [-0.1, -0.05) is 0 Å². The maximum absolute atomic E-state index is 11.4. The van der Waals surface area contributed by atoms with Crippen molar-refractivity contribution in [3.8, 4) is 0 Å². The van der Waals surface area contributed by atoms with E-state index in [1.807, 2.05) is 0 Å². The molecule has 0 spiro atoms. The average Bonchev–Trinajstić information content (AvgIpc) is 2.46. The molecule has 2 aromatic heterocycles. The second-order valence-electron chi connectivity index (χ2n) is 2.75. The van der Waals surface area contributed by atoms with Gasteiger partial charge >= 0.3 is 11.5 Å². The second kappa shape index (κ2) is 2.58. The second-order valence-corrected chi connectivity index (χ2v) is 2.75. The highest BCUT2D eigenvalue weighted by molar-refractivity contribution is 5.65. The SMILES string of the molecule is CNc1[nH]c(=O)c2[nH]c(C)nc2[nH+]1. The normalized spacial score (nSPS) is 10.6. The summed E-state index contributed by atoms with van der Waals surface area (Å²) < 4.78 is 0. The van der Waals surface area contributed by atoms with Gasteiger partial charge in [-0.2, -0.15) is 0 Å². The van der Waals surface area contributed by atoms with Crippen LogP contribution in [-0.4, -0.2) is 22.0 Å². The van der Waals surface area contributed by atoms with E-state index in [9.17, 15) is 4.79 Å². The van der Waals surface area contributed by atoms with Crippen molar-refractivity contribution in [3.05, 3.63) is 16.2 Å². The summed E-state index contributed by atoms with van der Waals surface area (Å²) in [6, 6.07) is 0. The molecule has 0 aromatic carbocycles. The smallest absolute Gasteiger partial charge is 0.322 e. The van der Waals surface area contributed by atoms with Crippen LogP contribution in [0.2, 0.25) is 0 Å². The van der Waals surface area contributed by atoms with Gasteiger partial charge in [-0.3, -0.25) is 10.1 Å². The van der Waals surface area contributed by atoms with Crippen molar-refractivity contribution in [2.75, 3.05) is 12.4 Å². The van der Waals surface area contributed by atoms with Gasteiger partial charge in [-0.25, -0.2) is 9.97 Å². The Morgan fingerprint density at radius 2 is 2.23 bits per heavy atom. The van der Waals surface area contributed by atoms with Crippen LogP contribution in [0.15, 0.2) is 4.79 Å². The molecule has 0 aliphatic rings. The molecule has 6 heteroatoms. The summed E-state index contributed by atoms with van der Waals surface area (Å²) in [5.74, 6) is 1.26. The van der Waals surface area contributed by atoms with Crippen molar-refractivity contribution < 1.29 is 4.98 Å². The number of hydrogen-bond donors (Lipinski definition) is 3. The first-order chi connectivity index (χ1) is 6.20. The van der Waals surface area contributed by atoms with Crippen LogP contribution < -0.4 is 15.9 Å². The number of aromatic nitrogens is 4. The van der Waals surface area contributed by atoms with Crippen LogP contribution >= 0.6 is 0 Å². The van der Waals surface area contributed by atoms with Crippen LogP contribution in [0.1, 0.15) is 5.82 Å². The quantitative estimate of drug-likeness (QED) is 0.548. The fraction of sp³-hybridized carbons (Fsp3) is 0.286. The lowest BCUT2D eigenvalue weighted by Crippen LogP contribution is -2.21. The van der Waals surface area contributed by atoms with E-state index >= 15 is 0 Å². The molecule has 0 saturated heterocycles. The maximum atomic E-state index is 11.4. The van der Waals surface area contributed by atoms with E-state index < -0.39 is 0 Å². The number of hydrogen-bond acceptors (Lipinski definition) is 3. The first-order valence-electron chi connectivity index (χ1n) is 3.90. The summed E-state index contributed by atoms with van der Waals surface area (Å²) in [4.78, 5) is 23.9. The summed E-state index contributed by atoms with van der Waals surface area (Å²) in [5.41, 5.74) is 0.848. The lowest BCUT2D eigenvalue weighted by atomic mass is 10.5. The van der Waals surface area contributed by atoms with E-state index in [2.05, 4.69) is 25.3 Å². The monoisotopic (exact) mass is 180 g/mol. The molecule has 0 atom stereocenters. The number of rotatable bonds is 1. The Hall–Kier alpha value is -1.85. The highest BCUT2D eigenvalue weighted by atomic mass is 16.1. The van der Waals surface area contributed by atoms with E-state index in [1.165, 1.54) is 0 Å². The minimum atomic E-state index is -0.182. The molecule has 0 radical (unpaired) electrons. The molecule has 0 fully saturated rings. The highest BCUT2D eigenvalue weighted by Gasteiger charge is 2.11. The zero-order valence-corrected chi connectivity index (χ0v) is 7.36. The summed E-state index contributed by atoms with van der Waals surface area (Å²) in [7, 11) is 1.72. The third-order valence-electron chi connectivity index (χ3n) is 1.78. The molecule has 6 nitrogen and oxygen atoms in total. The van der Waals surface area contributed by atoms with Gasteiger partial charge < -0.3 is 4.98 Å². The molecule has 13 heavy (non-hydrogen) atoms. The number of nitrogens with one attached hydrogen (secondary N) is 4. The first-order valence-corrected chi connectivity index (χ1v) is 3.90. The predicted octanol–water partition coefficient (Wildman–Crippen LogP) is -0.585. The molecule has 0 aliphatic carbocycles. The summed E-state index contributed by atoms with van der Waals surface area (Å²) in [5, 5.41) is 2.80. The summed E-state index contributed by atoms with van der Waals surface area (Å²) >= 11 is 0. The number of nitrogens with zero attached hydrogens (tertiary/aromatic N) is 1. The van der Waals surface area contributed by atoms with Crippen LogP contribution in [-0.2, 0) is 0 Å². The van der Waals surface area contributed by atoms with E-state index in [1.54, 1.807) is 14.0 Å². The summed E-state index contributed by atoms with van der Waals surface area (Å²) in [6.45, 7) is 1.80. The number of fused-ring (bicyclic) bond motifs is 1.